The number of rotatable bonds is 5. The minimum Gasteiger partial charge on any atom is -0.494 e. The van der Waals surface area contributed by atoms with Gasteiger partial charge in [-0.15, -0.1) is 11.3 Å². The molecular weight excluding hydrogens is 468 g/mol. The van der Waals surface area contributed by atoms with E-state index in [0.29, 0.717) is 23.2 Å². The van der Waals surface area contributed by atoms with Crippen LogP contribution in [0.1, 0.15) is 59.6 Å². The Morgan fingerprint density at radius 1 is 1.20 bits per heavy atom. The van der Waals surface area contributed by atoms with Crippen LogP contribution >= 0.6 is 11.3 Å². The highest BCUT2D eigenvalue weighted by Gasteiger charge is 2.38. The molecule has 1 aromatic carbocycles. The Bertz CT molecular complexity index is 1330. The van der Waals surface area contributed by atoms with Crippen molar-refractivity contribution in [1.82, 2.24) is 10.1 Å². The standard InChI is InChI=1S/C25H26N4O5S/c1-13-20-22(31)24-16(21(30)23(20)34-27-13)12-19(35-24)25(32)26-17-6-5-15(11-18(17)33-4)29-9-7-14(8-10-29)28(2)3/h5-6,11-12,14H,7-10H2,1-4H3,(H,26,32). The molecular formula is C25H26N4O5S. The zero-order valence-corrected chi connectivity index (χ0v) is 20.8. The number of nitrogens with one attached hydrogen (secondary N) is 1. The quantitative estimate of drug-likeness (QED) is 0.449. The van der Waals surface area contributed by atoms with E-state index in [4.69, 9.17) is 9.26 Å². The lowest BCUT2D eigenvalue weighted by Gasteiger charge is -2.36. The molecule has 9 nitrogen and oxygen atoms in total. The van der Waals surface area contributed by atoms with Gasteiger partial charge in [-0.3, -0.25) is 14.4 Å². The van der Waals surface area contributed by atoms with Crippen molar-refractivity contribution in [3.8, 4) is 5.75 Å². The van der Waals surface area contributed by atoms with E-state index in [-0.39, 0.29) is 32.4 Å². The molecule has 1 N–H and O–H groups in total. The molecule has 35 heavy (non-hydrogen) atoms. The molecule has 0 saturated carbocycles. The monoisotopic (exact) mass is 494 g/mol. The van der Waals surface area contributed by atoms with Crippen LogP contribution in [0.15, 0.2) is 28.8 Å². The van der Waals surface area contributed by atoms with Crippen molar-refractivity contribution in [1.29, 1.82) is 0 Å². The number of amides is 1. The number of hydrogen-bond donors (Lipinski definition) is 1. The molecule has 2 aliphatic rings. The second kappa shape index (κ2) is 8.94. The van der Waals surface area contributed by atoms with Crippen LogP contribution < -0.4 is 15.0 Å². The second-order valence-corrected chi connectivity index (χ2v) is 10.1. The number of ether oxygens (including phenoxy) is 1. The summed E-state index contributed by atoms with van der Waals surface area (Å²) < 4.78 is 10.6. The van der Waals surface area contributed by atoms with E-state index in [9.17, 15) is 14.4 Å². The number of ketones is 2. The number of piperidine rings is 1. The Kier molecular flexibility index (Phi) is 5.94. The van der Waals surface area contributed by atoms with Crippen molar-refractivity contribution in [3.63, 3.8) is 0 Å². The molecule has 10 heteroatoms. The number of aromatic nitrogens is 1. The van der Waals surface area contributed by atoms with Crippen molar-refractivity contribution in [3.05, 3.63) is 56.6 Å². The third-order valence-corrected chi connectivity index (χ3v) is 7.83. The lowest BCUT2D eigenvalue weighted by atomic mass is 9.93. The minimum absolute atomic E-state index is 0.0726. The summed E-state index contributed by atoms with van der Waals surface area (Å²) in [6.07, 6.45) is 2.17. The molecule has 3 aromatic rings. The molecule has 1 aliphatic heterocycles. The zero-order valence-electron chi connectivity index (χ0n) is 20.0. The maximum Gasteiger partial charge on any atom is 0.265 e. The Morgan fingerprint density at radius 3 is 2.63 bits per heavy atom. The van der Waals surface area contributed by atoms with Gasteiger partial charge in [0.05, 0.1) is 33.8 Å². The third-order valence-electron chi connectivity index (χ3n) is 6.70. The van der Waals surface area contributed by atoms with E-state index in [0.717, 1.165) is 43.0 Å². The maximum atomic E-state index is 13.0. The first-order valence-electron chi connectivity index (χ1n) is 11.4. The van der Waals surface area contributed by atoms with Crippen LogP contribution in [0.3, 0.4) is 0 Å². The Balaban J connectivity index is 1.34. The third kappa shape index (κ3) is 4.02. The molecule has 1 amide bonds. The topological polar surface area (TPSA) is 105 Å². The van der Waals surface area contributed by atoms with Gasteiger partial charge in [0.15, 0.2) is 0 Å². The summed E-state index contributed by atoms with van der Waals surface area (Å²) in [5.74, 6) is -0.742. The van der Waals surface area contributed by atoms with Crippen molar-refractivity contribution in [2.24, 2.45) is 0 Å². The van der Waals surface area contributed by atoms with Crippen LogP contribution in [0.5, 0.6) is 5.75 Å². The molecule has 0 bridgehead atoms. The SMILES string of the molecule is COc1cc(N2CCC(N(C)C)CC2)ccc1NC(=O)c1cc2c(s1)C(=O)c1c(C)noc1C2=O. The molecule has 1 aliphatic carbocycles. The number of hydrogen-bond acceptors (Lipinski definition) is 9. The van der Waals surface area contributed by atoms with Gasteiger partial charge in [-0.25, -0.2) is 0 Å². The van der Waals surface area contributed by atoms with E-state index in [1.165, 1.54) is 6.07 Å². The largest absolute Gasteiger partial charge is 0.494 e. The zero-order chi connectivity index (χ0) is 24.9. The van der Waals surface area contributed by atoms with Crippen LogP contribution in [0.2, 0.25) is 0 Å². The van der Waals surface area contributed by atoms with Crippen LogP contribution in [-0.2, 0) is 0 Å². The molecule has 1 fully saturated rings. The highest BCUT2D eigenvalue weighted by atomic mass is 32.1. The Morgan fingerprint density at radius 2 is 1.94 bits per heavy atom. The fraction of sp³-hybridized carbons (Fsp3) is 0.360. The number of anilines is 2. The predicted octanol–water partition coefficient (Wildman–Crippen LogP) is 3.61. The molecule has 3 heterocycles. The van der Waals surface area contributed by atoms with Gasteiger partial charge in [0.1, 0.15) is 5.75 Å². The van der Waals surface area contributed by atoms with E-state index in [1.807, 2.05) is 18.2 Å². The average molecular weight is 495 g/mol. The lowest BCUT2D eigenvalue weighted by Crippen LogP contribution is -2.41. The maximum absolute atomic E-state index is 13.0. The second-order valence-electron chi connectivity index (χ2n) is 9.00. The van der Waals surface area contributed by atoms with Gasteiger partial charge >= 0.3 is 0 Å². The number of benzene rings is 1. The van der Waals surface area contributed by atoms with Crippen LogP contribution in [-0.4, -0.2) is 67.9 Å². The van der Waals surface area contributed by atoms with E-state index in [1.54, 1.807) is 14.0 Å². The smallest absolute Gasteiger partial charge is 0.265 e. The summed E-state index contributed by atoms with van der Waals surface area (Å²) in [6, 6.07) is 7.73. The van der Waals surface area contributed by atoms with Crippen molar-refractivity contribution < 1.29 is 23.6 Å². The van der Waals surface area contributed by atoms with Gasteiger partial charge in [0, 0.05) is 36.4 Å². The molecule has 182 valence electrons. The molecule has 2 aromatic heterocycles. The predicted molar refractivity (Wildman–Crippen MR) is 132 cm³/mol. The van der Waals surface area contributed by atoms with Crippen LogP contribution in [0.25, 0.3) is 0 Å². The Hall–Kier alpha value is -3.50. The summed E-state index contributed by atoms with van der Waals surface area (Å²) in [4.78, 5) is 43.8. The molecule has 5 rings (SSSR count). The molecule has 0 radical (unpaired) electrons. The van der Waals surface area contributed by atoms with Gasteiger partial charge in [-0.1, -0.05) is 5.16 Å². The summed E-state index contributed by atoms with van der Waals surface area (Å²) in [6.45, 7) is 3.51. The van der Waals surface area contributed by atoms with Crippen molar-refractivity contribution >= 4 is 40.2 Å². The number of fused-ring (bicyclic) bond motifs is 2. The summed E-state index contributed by atoms with van der Waals surface area (Å²) in [7, 11) is 5.79. The number of carbonyl (C=O) groups is 3. The van der Waals surface area contributed by atoms with Gasteiger partial charge in [0.25, 0.3) is 5.91 Å². The normalized spacial score (nSPS) is 15.9. The number of methoxy groups -OCH3 is 1. The van der Waals surface area contributed by atoms with Gasteiger partial charge < -0.3 is 24.4 Å². The summed E-state index contributed by atoms with van der Waals surface area (Å²) >= 11 is 0.987. The van der Waals surface area contributed by atoms with Crippen molar-refractivity contribution in [2.45, 2.75) is 25.8 Å². The first-order valence-corrected chi connectivity index (χ1v) is 12.2. The molecule has 0 spiro atoms. The highest BCUT2D eigenvalue weighted by molar-refractivity contribution is 7.16. The fourth-order valence-corrected chi connectivity index (χ4v) is 5.67. The minimum atomic E-state index is -0.439. The van der Waals surface area contributed by atoms with Crippen LogP contribution in [0.4, 0.5) is 11.4 Å². The number of thiophene rings is 1. The molecule has 0 unspecified atom stereocenters. The van der Waals surface area contributed by atoms with Crippen LogP contribution in [0, 0.1) is 6.92 Å². The first-order chi connectivity index (χ1) is 16.8. The van der Waals surface area contributed by atoms with Gasteiger partial charge in [0.2, 0.25) is 17.3 Å². The average Bonchev–Trinajstić information content (AvgIpc) is 3.48. The summed E-state index contributed by atoms with van der Waals surface area (Å²) in [5.41, 5.74) is 2.25. The Labute approximate surface area is 206 Å². The molecule has 0 atom stereocenters. The summed E-state index contributed by atoms with van der Waals surface area (Å²) in [5, 5.41) is 6.59. The van der Waals surface area contributed by atoms with E-state index in [2.05, 4.69) is 34.4 Å². The number of carbonyl (C=O) groups excluding carboxylic acids is 3. The molecule has 1 saturated heterocycles. The fourth-order valence-electron chi connectivity index (χ4n) is 4.67. The number of nitrogens with zero attached hydrogens (tertiary/aromatic N) is 3. The van der Waals surface area contributed by atoms with E-state index >= 15 is 0 Å². The lowest BCUT2D eigenvalue weighted by molar-refractivity contribution is 0.0957. The van der Waals surface area contributed by atoms with E-state index < -0.39 is 11.7 Å². The van der Waals surface area contributed by atoms with Gasteiger partial charge in [-0.05, 0) is 52.1 Å². The number of aryl methyl sites for hydroxylation is 1. The van der Waals surface area contributed by atoms with Crippen molar-refractivity contribution in [2.75, 3.05) is 44.5 Å². The first kappa shape index (κ1) is 23.3. The highest BCUT2D eigenvalue weighted by Crippen LogP contribution is 2.36. The van der Waals surface area contributed by atoms with Gasteiger partial charge in [-0.2, -0.15) is 0 Å².